The Morgan fingerprint density at radius 3 is 2.11 bits per heavy atom. The maximum absolute atomic E-state index is 12.4. The fourth-order valence-electron chi connectivity index (χ4n) is 3.15. The predicted molar refractivity (Wildman–Crippen MR) is 74.9 cm³/mol. The molecule has 0 bridgehead atoms. The van der Waals surface area contributed by atoms with E-state index in [0.717, 1.165) is 45.4 Å². The number of Topliss-reactive ketones (excluding diaryl/α,β-unsaturated/α-hetero) is 1. The summed E-state index contributed by atoms with van der Waals surface area (Å²) in [6.07, 6.45) is 9.46. The third-order valence-corrected chi connectivity index (χ3v) is 4.50. The maximum Gasteiger partial charge on any atom is 0.209 e. The Bertz CT molecular complexity index is 291. The van der Waals surface area contributed by atoms with Crippen molar-refractivity contribution in [2.75, 3.05) is 32.7 Å². The Morgan fingerprint density at radius 1 is 0.947 bits per heavy atom. The maximum atomic E-state index is 12.4. The molecule has 0 spiro atoms. The number of rotatable bonds is 4. The first-order valence-electron chi connectivity index (χ1n) is 7.74. The van der Waals surface area contributed by atoms with E-state index in [1.54, 1.807) is 4.90 Å². The number of nitrogens with zero attached hydrogens (tertiary/aromatic N) is 2. The third kappa shape index (κ3) is 4.60. The molecule has 19 heavy (non-hydrogen) atoms. The van der Waals surface area contributed by atoms with Gasteiger partial charge in [-0.1, -0.05) is 32.1 Å². The number of hydrogen-bond donors (Lipinski definition) is 0. The van der Waals surface area contributed by atoms with Gasteiger partial charge in [-0.2, -0.15) is 0 Å². The molecule has 4 heteroatoms. The molecule has 0 radical (unpaired) electrons. The van der Waals surface area contributed by atoms with Crippen LogP contribution in [-0.4, -0.2) is 54.7 Å². The van der Waals surface area contributed by atoms with Crippen molar-refractivity contribution >= 4 is 12.2 Å². The lowest BCUT2D eigenvalue weighted by molar-refractivity contribution is -0.125. The zero-order valence-corrected chi connectivity index (χ0v) is 11.9. The average Bonchev–Trinajstić information content (AvgIpc) is 2.39. The summed E-state index contributed by atoms with van der Waals surface area (Å²) in [6.45, 7) is 3.81. The predicted octanol–water partition coefficient (Wildman–Crippen LogP) is 1.69. The minimum absolute atomic E-state index is 0.296. The lowest BCUT2D eigenvalue weighted by Gasteiger charge is -2.33. The number of piperazine rings is 1. The molecule has 108 valence electrons. The van der Waals surface area contributed by atoms with Crippen molar-refractivity contribution in [2.45, 2.75) is 44.9 Å². The first-order chi connectivity index (χ1) is 9.29. The number of carbonyl (C=O) groups excluding carboxylic acids is 2. The quantitative estimate of drug-likeness (QED) is 0.727. The summed E-state index contributed by atoms with van der Waals surface area (Å²) in [4.78, 5) is 27.0. The fraction of sp³-hybridized carbons (Fsp3) is 0.867. The van der Waals surface area contributed by atoms with Gasteiger partial charge in [0.1, 0.15) is 5.78 Å². The average molecular weight is 266 g/mol. The second kappa shape index (κ2) is 7.63. The van der Waals surface area contributed by atoms with Gasteiger partial charge in [0.05, 0.1) is 6.54 Å². The molecule has 0 aromatic carbocycles. The van der Waals surface area contributed by atoms with Gasteiger partial charge in [-0.05, 0) is 12.8 Å². The Kier molecular flexibility index (Phi) is 5.83. The van der Waals surface area contributed by atoms with Crippen molar-refractivity contribution in [3.8, 4) is 0 Å². The molecule has 0 N–H and O–H groups in total. The fourth-order valence-corrected chi connectivity index (χ4v) is 3.15. The molecule has 1 amide bonds. The summed E-state index contributed by atoms with van der Waals surface area (Å²) in [5.41, 5.74) is 0. The summed E-state index contributed by atoms with van der Waals surface area (Å²) >= 11 is 0. The highest BCUT2D eigenvalue weighted by Crippen LogP contribution is 2.23. The first-order valence-corrected chi connectivity index (χ1v) is 7.74. The normalized spacial score (nSPS) is 23.7. The number of ketones is 1. The minimum atomic E-state index is 0.296. The number of carbonyl (C=O) groups is 2. The van der Waals surface area contributed by atoms with Gasteiger partial charge >= 0.3 is 0 Å². The number of hydrogen-bond acceptors (Lipinski definition) is 3. The van der Waals surface area contributed by atoms with E-state index in [1.807, 2.05) is 0 Å². The molecule has 4 nitrogen and oxygen atoms in total. The molecule has 0 atom stereocenters. The van der Waals surface area contributed by atoms with Crippen molar-refractivity contribution < 1.29 is 9.59 Å². The van der Waals surface area contributed by atoms with Gasteiger partial charge in [-0.3, -0.25) is 14.5 Å². The molecule has 1 saturated heterocycles. The van der Waals surface area contributed by atoms with Gasteiger partial charge in [-0.15, -0.1) is 0 Å². The highest BCUT2D eigenvalue weighted by molar-refractivity contribution is 5.83. The molecular weight excluding hydrogens is 240 g/mol. The second-order valence-electron chi connectivity index (χ2n) is 5.93. The SMILES string of the molecule is O=CN1CCN(CC(=O)C2CCCCCCC2)CC1. The lowest BCUT2D eigenvalue weighted by Crippen LogP contribution is -2.48. The van der Waals surface area contributed by atoms with Gasteiger partial charge in [0.25, 0.3) is 0 Å². The van der Waals surface area contributed by atoms with E-state index in [0.29, 0.717) is 18.2 Å². The highest BCUT2D eigenvalue weighted by Gasteiger charge is 2.23. The molecule has 1 aliphatic carbocycles. The molecule has 1 heterocycles. The first kappa shape index (κ1) is 14.5. The molecule has 2 fully saturated rings. The van der Waals surface area contributed by atoms with Crippen LogP contribution in [0.2, 0.25) is 0 Å². The standard InChI is InChI=1S/C15H26N2O2/c18-13-17-10-8-16(9-11-17)12-15(19)14-6-4-2-1-3-5-7-14/h13-14H,1-12H2. The summed E-state index contributed by atoms with van der Waals surface area (Å²) < 4.78 is 0. The van der Waals surface area contributed by atoms with Crippen LogP contribution in [0.1, 0.15) is 44.9 Å². The summed E-state index contributed by atoms with van der Waals surface area (Å²) in [7, 11) is 0. The molecule has 1 aliphatic heterocycles. The van der Waals surface area contributed by atoms with E-state index < -0.39 is 0 Å². The third-order valence-electron chi connectivity index (χ3n) is 4.50. The van der Waals surface area contributed by atoms with Crippen LogP contribution in [0.4, 0.5) is 0 Å². The zero-order valence-electron chi connectivity index (χ0n) is 11.9. The van der Waals surface area contributed by atoms with Crippen LogP contribution in [0.3, 0.4) is 0 Å². The van der Waals surface area contributed by atoms with Crippen LogP contribution in [0.5, 0.6) is 0 Å². The van der Waals surface area contributed by atoms with Gasteiger partial charge in [0.15, 0.2) is 0 Å². The largest absolute Gasteiger partial charge is 0.343 e. The smallest absolute Gasteiger partial charge is 0.209 e. The molecule has 0 unspecified atom stereocenters. The molecular formula is C15H26N2O2. The van der Waals surface area contributed by atoms with E-state index in [9.17, 15) is 9.59 Å². The van der Waals surface area contributed by atoms with E-state index in [1.165, 1.54) is 32.1 Å². The Hall–Kier alpha value is -0.900. The van der Waals surface area contributed by atoms with Crippen LogP contribution >= 0.6 is 0 Å². The Balaban J connectivity index is 1.75. The molecule has 0 aromatic rings. The van der Waals surface area contributed by atoms with E-state index in [2.05, 4.69) is 4.90 Å². The summed E-state index contributed by atoms with van der Waals surface area (Å²) in [6, 6.07) is 0. The van der Waals surface area contributed by atoms with Gasteiger partial charge in [0.2, 0.25) is 6.41 Å². The van der Waals surface area contributed by atoms with Crippen LogP contribution in [0, 0.1) is 5.92 Å². The summed E-state index contributed by atoms with van der Waals surface area (Å²) in [5.74, 6) is 0.728. The minimum Gasteiger partial charge on any atom is -0.343 e. The Morgan fingerprint density at radius 2 is 1.53 bits per heavy atom. The van der Waals surface area contributed by atoms with Gasteiger partial charge < -0.3 is 4.90 Å². The van der Waals surface area contributed by atoms with Crippen molar-refractivity contribution in [3.63, 3.8) is 0 Å². The second-order valence-corrected chi connectivity index (χ2v) is 5.93. The van der Waals surface area contributed by atoms with Crippen LogP contribution in [0.15, 0.2) is 0 Å². The molecule has 0 aromatic heterocycles. The van der Waals surface area contributed by atoms with E-state index >= 15 is 0 Å². The van der Waals surface area contributed by atoms with E-state index in [-0.39, 0.29) is 0 Å². The Labute approximate surface area is 116 Å². The molecule has 1 saturated carbocycles. The zero-order chi connectivity index (χ0) is 13.5. The van der Waals surface area contributed by atoms with Crippen molar-refractivity contribution in [3.05, 3.63) is 0 Å². The van der Waals surface area contributed by atoms with Gasteiger partial charge in [-0.25, -0.2) is 0 Å². The lowest BCUT2D eigenvalue weighted by atomic mass is 9.88. The monoisotopic (exact) mass is 266 g/mol. The highest BCUT2D eigenvalue weighted by atomic mass is 16.1. The van der Waals surface area contributed by atoms with Gasteiger partial charge in [0, 0.05) is 32.1 Å². The van der Waals surface area contributed by atoms with Crippen molar-refractivity contribution in [1.29, 1.82) is 0 Å². The van der Waals surface area contributed by atoms with Crippen molar-refractivity contribution in [2.24, 2.45) is 5.92 Å². The van der Waals surface area contributed by atoms with E-state index in [4.69, 9.17) is 0 Å². The van der Waals surface area contributed by atoms with Crippen LogP contribution < -0.4 is 0 Å². The summed E-state index contributed by atoms with van der Waals surface area (Å²) in [5, 5.41) is 0. The topological polar surface area (TPSA) is 40.6 Å². The van der Waals surface area contributed by atoms with Crippen molar-refractivity contribution in [1.82, 2.24) is 9.80 Å². The molecule has 2 rings (SSSR count). The van der Waals surface area contributed by atoms with Crippen LogP contribution in [-0.2, 0) is 9.59 Å². The number of amides is 1. The van der Waals surface area contributed by atoms with Crippen LogP contribution in [0.25, 0.3) is 0 Å². The molecule has 2 aliphatic rings.